The average Bonchev–Trinajstić information content (AvgIpc) is 3.51. The summed E-state index contributed by atoms with van der Waals surface area (Å²) in [5.74, 6) is 1.94. The van der Waals surface area contributed by atoms with Crippen molar-refractivity contribution in [3.8, 4) is 17.3 Å². The molecule has 0 atom stereocenters. The molecule has 1 aromatic carbocycles. The maximum absolute atomic E-state index is 12.2. The van der Waals surface area contributed by atoms with E-state index in [9.17, 15) is 4.79 Å². The van der Waals surface area contributed by atoms with Crippen LogP contribution in [0.4, 0.5) is 0 Å². The number of furan rings is 1. The van der Waals surface area contributed by atoms with Gasteiger partial charge in [-0.3, -0.25) is 9.36 Å². The molecule has 4 aromatic rings. The highest BCUT2D eigenvalue weighted by atomic mass is 35.5. The van der Waals surface area contributed by atoms with Crippen molar-refractivity contribution in [1.82, 2.24) is 25.1 Å². The number of thioether (sulfide) groups is 1. The minimum Gasteiger partial charge on any atom is -0.461 e. The Morgan fingerprint density at radius 3 is 2.84 bits per heavy atom. The van der Waals surface area contributed by atoms with Gasteiger partial charge in [0.05, 0.1) is 22.7 Å². The van der Waals surface area contributed by atoms with Crippen molar-refractivity contribution in [2.75, 3.05) is 6.54 Å². The van der Waals surface area contributed by atoms with E-state index in [1.54, 1.807) is 17.7 Å². The van der Waals surface area contributed by atoms with Gasteiger partial charge >= 0.3 is 0 Å². The summed E-state index contributed by atoms with van der Waals surface area (Å²) < 4.78 is 7.41. The summed E-state index contributed by atoms with van der Waals surface area (Å²) in [5.41, 5.74) is 1.20. The fourth-order valence-electron chi connectivity index (χ4n) is 2.77. The molecule has 0 radical (unpaired) electrons. The molecule has 31 heavy (non-hydrogen) atoms. The van der Waals surface area contributed by atoms with Crippen LogP contribution in [0.2, 0.25) is 5.02 Å². The average molecular weight is 474 g/mol. The standard InChI is InChI=1S/C21H20ClN5O2S2/c1-13(2)10-23-20(28)15-11-30-18(24-15)12-31-21-26-25-19(17-8-5-9-29-17)27(21)16-7-4-3-6-14(16)22/h3-9,11,13H,10,12H2,1-2H3,(H,23,28). The van der Waals surface area contributed by atoms with E-state index in [0.29, 0.717) is 45.7 Å². The molecule has 1 amide bonds. The zero-order valence-electron chi connectivity index (χ0n) is 16.9. The van der Waals surface area contributed by atoms with Crippen LogP contribution >= 0.6 is 34.7 Å². The molecule has 160 valence electrons. The normalized spacial score (nSPS) is 11.2. The van der Waals surface area contributed by atoms with Gasteiger partial charge in [0, 0.05) is 11.9 Å². The summed E-state index contributed by atoms with van der Waals surface area (Å²) in [4.78, 5) is 16.7. The summed E-state index contributed by atoms with van der Waals surface area (Å²) in [5, 5.41) is 15.4. The quantitative estimate of drug-likeness (QED) is 0.349. The number of halogens is 1. The number of hydrogen-bond acceptors (Lipinski definition) is 7. The number of carbonyl (C=O) groups is 1. The molecule has 0 fully saturated rings. The number of thiazole rings is 1. The number of aromatic nitrogens is 4. The van der Waals surface area contributed by atoms with Gasteiger partial charge < -0.3 is 9.73 Å². The maximum atomic E-state index is 12.2. The van der Waals surface area contributed by atoms with Gasteiger partial charge in [0.15, 0.2) is 10.9 Å². The molecule has 1 N–H and O–H groups in total. The molecule has 4 rings (SSSR count). The van der Waals surface area contributed by atoms with Crippen LogP contribution in [-0.4, -0.2) is 32.2 Å². The van der Waals surface area contributed by atoms with Crippen LogP contribution in [0.1, 0.15) is 29.3 Å². The highest BCUT2D eigenvalue weighted by Gasteiger charge is 2.20. The van der Waals surface area contributed by atoms with Crippen LogP contribution < -0.4 is 5.32 Å². The number of para-hydroxylation sites is 1. The van der Waals surface area contributed by atoms with E-state index in [0.717, 1.165) is 10.7 Å². The van der Waals surface area contributed by atoms with Gasteiger partial charge in [0.1, 0.15) is 10.7 Å². The van der Waals surface area contributed by atoms with Crippen LogP contribution in [0.15, 0.2) is 57.6 Å². The van der Waals surface area contributed by atoms with Gasteiger partial charge in [-0.15, -0.1) is 21.5 Å². The molecule has 0 saturated carbocycles. The van der Waals surface area contributed by atoms with Gasteiger partial charge in [-0.05, 0) is 30.2 Å². The lowest BCUT2D eigenvalue weighted by Crippen LogP contribution is -2.27. The zero-order valence-corrected chi connectivity index (χ0v) is 19.3. The van der Waals surface area contributed by atoms with Gasteiger partial charge in [-0.2, -0.15) is 0 Å². The fraction of sp³-hybridized carbons (Fsp3) is 0.238. The Bertz CT molecular complexity index is 1170. The number of nitrogens with one attached hydrogen (secondary N) is 1. The van der Waals surface area contributed by atoms with Crippen molar-refractivity contribution in [2.45, 2.75) is 24.8 Å². The van der Waals surface area contributed by atoms with Gasteiger partial charge in [0.2, 0.25) is 5.82 Å². The lowest BCUT2D eigenvalue weighted by molar-refractivity contribution is 0.0944. The van der Waals surface area contributed by atoms with E-state index in [1.807, 2.05) is 34.9 Å². The van der Waals surface area contributed by atoms with Crippen LogP contribution in [0.3, 0.4) is 0 Å². The topological polar surface area (TPSA) is 85.8 Å². The Morgan fingerprint density at radius 1 is 1.26 bits per heavy atom. The lowest BCUT2D eigenvalue weighted by Gasteiger charge is -2.10. The van der Waals surface area contributed by atoms with Crippen molar-refractivity contribution in [3.05, 3.63) is 63.8 Å². The fourth-order valence-corrected chi connectivity index (χ4v) is 4.73. The highest BCUT2D eigenvalue weighted by molar-refractivity contribution is 7.98. The molecule has 0 aliphatic rings. The molecule has 7 nitrogen and oxygen atoms in total. The maximum Gasteiger partial charge on any atom is 0.270 e. The number of rotatable bonds is 8. The highest BCUT2D eigenvalue weighted by Crippen LogP contribution is 2.33. The van der Waals surface area contributed by atoms with Gasteiger partial charge in [0.25, 0.3) is 5.91 Å². The van der Waals surface area contributed by atoms with Crippen molar-refractivity contribution in [1.29, 1.82) is 0 Å². The van der Waals surface area contributed by atoms with E-state index in [1.165, 1.54) is 23.1 Å². The molecule has 0 aliphatic carbocycles. The molecule has 0 spiro atoms. The monoisotopic (exact) mass is 473 g/mol. The Kier molecular flexibility index (Phi) is 6.74. The number of hydrogen-bond donors (Lipinski definition) is 1. The Hall–Kier alpha value is -2.62. The molecule has 0 bridgehead atoms. The number of benzene rings is 1. The Balaban J connectivity index is 1.56. The van der Waals surface area contributed by atoms with E-state index in [4.69, 9.17) is 16.0 Å². The predicted molar refractivity (Wildman–Crippen MR) is 123 cm³/mol. The Morgan fingerprint density at radius 2 is 2.10 bits per heavy atom. The third kappa shape index (κ3) is 5.00. The van der Waals surface area contributed by atoms with Crippen LogP contribution in [0.5, 0.6) is 0 Å². The molecule has 3 aromatic heterocycles. The first kappa shape index (κ1) is 21.6. The zero-order chi connectivity index (χ0) is 21.8. The smallest absolute Gasteiger partial charge is 0.270 e. The van der Waals surface area contributed by atoms with Crippen molar-refractivity contribution in [3.63, 3.8) is 0 Å². The third-order valence-electron chi connectivity index (χ3n) is 4.25. The van der Waals surface area contributed by atoms with Crippen LogP contribution in [0.25, 0.3) is 17.3 Å². The minimum absolute atomic E-state index is 0.152. The van der Waals surface area contributed by atoms with E-state index < -0.39 is 0 Å². The van der Waals surface area contributed by atoms with Gasteiger partial charge in [-0.25, -0.2) is 4.98 Å². The summed E-state index contributed by atoms with van der Waals surface area (Å²) in [6.07, 6.45) is 1.59. The summed E-state index contributed by atoms with van der Waals surface area (Å²) >= 11 is 9.37. The summed E-state index contributed by atoms with van der Waals surface area (Å²) in [7, 11) is 0. The first-order valence-corrected chi connectivity index (χ1v) is 11.9. The van der Waals surface area contributed by atoms with Crippen molar-refractivity contribution >= 4 is 40.6 Å². The van der Waals surface area contributed by atoms with Gasteiger partial charge in [-0.1, -0.05) is 49.3 Å². The van der Waals surface area contributed by atoms with Crippen molar-refractivity contribution < 1.29 is 9.21 Å². The molecule has 10 heteroatoms. The molecular formula is C21H20ClN5O2S2. The second-order valence-corrected chi connectivity index (χ2v) is 9.38. The lowest BCUT2D eigenvalue weighted by atomic mass is 10.2. The molecule has 0 saturated heterocycles. The number of carbonyl (C=O) groups excluding carboxylic acids is 1. The van der Waals surface area contributed by atoms with E-state index in [-0.39, 0.29) is 5.91 Å². The molecular weight excluding hydrogens is 454 g/mol. The van der Waals surface area contributed by atoms with Crippen molar-refractivity contribution in [2.24, 2.45) is 5.92 Å². The molecule has 3 heterocycles. The second kappa shape index (κ2) is 9.67. The van der Waals surface area contributed by atoms with E-state index >= 15 is 0 Å². The summed E-state index contributed by atoms with van der Waals surface area (Å²) in [6, 6.07) is 11.1. The SMILES string of the molecule is CC(C)CNC(=O)c1csc(CSc2nnc(-c3ccco3)n2-c2ccccc2Cl)n1. The van der Waals surface area contributed by atoms with E-state index in [2.05, 4.69) is 34.3 Å². The first-order chi connectivity index (χ1) is 15.0. The van der Waals surface area contributed by atoms with Crippen LogP contribution in [0, 0.1) is 5.92 Å². The third-order valence-corrected chi connectivity index (χ3v) is 6.54. The summed E-state index contributed by atoms with van der Waals surface area (Å²) in [6.45, 7) is 4.72. The molecule has 0 unspecified atom stereocenters. The van der Waals surface area contributed by atoms with Crippen LogP contribution in [-0.2, 0) is 5.75 Å². The molecule has 0 aliphatic heterocycles. The largest absolute Gasteiger partial charge is 0.461 e. The number of nitrogens with zero attached hydrogens (tertiary/aromatic N) is 4. The Labute approximate surface area is 192 Å². The minimum atomic E-state index is -0.152. The number of amides is 1. The first-order valence-electron chi connectivity index (χ1n) is 9.62. The predicted octanol–water partition coefficient (Wildman–Crippen LogP) is 5.32. The second-order valence-electron chi connectivity index (χ2n) is 7.09.